The highest BCUT2D eigenvalue weighted by molar-refractivity contribution is 7.12. The van der Waals surface area contributed by atoms with Crippen molar-refractivity contribution < 1.29 is 9.59 Å². The molecule has 0 radical (unpaired) electrons. The molecule has 5 nitrogen and oxygen atoms in total. The number of rotatable bonds is 6. The molecule has 0 aliphatic rings. The first-order valence-electron chi connectivity index (χ1n) is 5.41. The lowest BCUT2D eigenvalue weighted by Gasteiger charge is -2.15. The van der Waals surface area contributed by atoms with E-state index in [1.54, 1.807) is 13.1 Å². The van der Waals surface area contributed by atoms with Crippen LogP contribution in [-0.2, 0) is 4.79 Å². The maximum Gasteiger partial charge on any atom is 0.264 e. The molecule has 0 bridgehead atoms. The fourth-order valence-electron chi connectivity index (χ4n) is 1.26. The first-order chi connectivity index (χ1) is 8.15. The second-order valence-corrected chi connectivity index (χ2v) is 4.58. The van der Waals surface area contributed by atoms with E-state index in [0.717, 1.165) is 6.42 Å². The Labute approximate surface area is 105 Å². The second kappa shape index (κ2) is 7.03. The molecule has 1 aromatic rings. The summed E-state index contributed by atoms with van der Waals surface area (Å²) in [7, 11) is 1.62. The molecule has 0 saturated carbocycles. The maximum absolute atomic E-state index is 11.8. The van der Waals surface area contributed by atoms with Gasteiger partial charge in [-0.1, -0.05) is 6.07 Å². The summed E-state index contributed by atoms with van der Waals surface area (Å²) in [5.74, 6) is -0.292. The molecule has 17 heavy (non-hydrogen) atoms. The van der Waals surface area contributed by atoms with Gasteiger partial charge in [0, 0.05) is 13.6 Å². The summed E-state index contributed by atoms with van der Waals surface area (Å²) in [6.07, 6.45) is 0.744. The van der Waals surface area contributed by atoms with Crippen LogP contribution in [-0.4, -0.2) is 43.4 Å². The molecule has 3 N–H and O–H groups in total. The van der Waals surface area contributed by atoms with Crippen LogP contribution < -0.4 is 11.1 Å². The average Bonchev–Trinajstić information content (AvgIpc) is 2.81. The highest BCUT2D eigenvalue weighted by Crippen LogP contribution is 2.10. The van der Waals surface area contributed by atoms with E-state index >= 15 is 0 Å². The van der Waals surface area contributed by atoms with Crippen molar-refractivity contribution in [3.63, 3.8) is 0 Å². The van der Waals surface area contributed by atoms with Crippen LogP contribution in [0.2, 0.25) is 0 Å². The van der Waals surface area contributed by atoms with Crippen molar-refractivity contribution in [2.24, 2.45) is 5.73 Å². The second-order valence-electron chi connectivity index (χ2n) is 3.63. The fraction of sp³-hybridized carbons (Fsp3) is 0.455. The molecule has 94 valence electrons. The van der Waals surface area contributed by atoms with Gasteiger partial charge in [-0.25, -0.2) is 0 Å². The van der Waals surface area contributed by atoms with E-state index in [-0.39, 0.29) is 18.4 Å². The Hall–Kier alpha value is -1.40. The summed E-state index contributed by atoms with van der Waals surface area (Å²) in [6.45, 7) is 1.17. The van der Waals surface area contributed by atoms with Gasteiger partial charge in [0.15, 0.2) is 0 Å². The zero-order chi connectivity index (χ0) is 12.7. The van der Waals surface area contributed by atoms with Crippen molar-refractivity contribution in [2.45, 2.75) is 6.42 Å². The molecule has 0 aliphatic heterocycles. The van der Waals surface area contributed by atoms with Gasteiger partial charge in [0.1, 0.15) is 0 Å². The Morgan fingerprint density at radius 3 is 2.88 bits per heavy atom. The minimum Gasteiger partial charge on any atom is -0.355 e. The van der Waals surface area contributed by atoms with Crippen LogP contribution in [0.25, 0.3) is 0 Å². The Bertz CT molecular complexity index is 365. The van der Waals surface area contributed by atoms with Crippen LogP contribution in [0.1, 0.15) is 16.1 Å². The van der Waals surface area contributed by atoms with Gasteiger partial charge in [0.05, 0.1) is 11.4 Å². The number of hydrogen-bond acceptors (Lipinski definition) is 4. The smallest absolute Gasteiger partial charge is 0.264 e. The number of nitrogens with two attached hydrogens (primary N) is 1. The molecule has 0 spiro atoms. The molecule has 1 aromatic heterocycles. The van der Waals surface area contributed by atoms with E-state index in [0.29, 0.717) is 18.0 Å². The largest absolute Gasteiger partial charge is 0.355 e. The first-order valence-corrected chi connectivity index (χ1v) is 6.29. The highest BCUT2D eigenvalue weighted by Gasteiger charge is 2.15. The molecule has 0 aromatic carbocycles. The Morgan fingerprint density at radius 2 is 2.29 bits per heavy atom. The van der Waals surface area contributed by atoms with E-state index < -0.39 is 0 Å². The topological polar surface area (TPSA) is 75.4 Å². The van der Waals surface area contributed by atoms with Gasteiger partial charge in [-0.15, -0.1) is 11.3 Å². The number of hydrogen-bond donors (Lipinski definition) is 2. The van der Waals surface area contributed by atoms with E-state index in [2.05, 4.69) is 5.32 Å². The molecule has 0 fully saturated rings. The van der Waals surface area contributed by atoms with E-state index in [9.17, 15) is 9.59 Å². The summed E-state index contributed by atoms with van der Waals surface area (Å²) in [4.78, 5) is 25.3. The molecule has 0 saturated heterocycles. The zero-order valence-corrected chi connectivity index (χ0v) is 10.6. The number of nitrogens with zero attached hydrogens (tertiary/aromatic N) is 1. The van der Waals surface area contributed by atoms with Crippen LogP contribution in [0.5, 0.6) is 0 Å². The van der Waals surface area contributed by atoms with Crippen LogP contribution in [0.3, 0.4) is 0 Å². The Morgan fingerprint density at radius 1 is 1.53 bits per heavy atom. The lowest BCUT2D eigenvalue weighted by molar-refractivity contribution is -0.121. The van der Waals surface area contributed by atoms with Crippen LogP contribution in [0, 0.1) is 0 Å². The zero-order valence-electron chi connectivity index (χ0n) is 9.81. The summed E-state index contributed by atoms with van der Waals surface area (Å²) >= 11 is 1.37. The molecular formula is C11H17N3O2S. The third kappa shape index (κ3) is 4.54. The summed E-state index contributed by atoms with van der Waals surface area (Å²) < 4.78 is 0. The normalized spacial score (nSPS) is 10.0. The fourth-order valence-corrected chi connectivity index (χ4v) is 1.98. The number of likely N-dealkylation sites (N-methyl/N-ethyl adjacent to an activating group) is 1. The molecule has 0 aliphatic carbocycles. The van der Waals surface area contributed by atoms with E-state index in [4.69, 9.17) is 5.73 Å². The molecule has 1 heterocycles. The van der Waals surface area contributed by atoms with E-state index in [1.165, 1.54) is 16.2 Å². The third-order valence-corrected chi connectivity index (χ3v) is 3.02. The van der Waals surface area contributed by atoms with Gasteiger partial charge in [-0.3, -0.25) is 9.59 Å². The highest BCUT2D eigenvalue weighted by atomic mass is 32.1. The number of amides is 2. The van der Waals surface area contributed by atoms with Crippen LogP contribution >= 0.6 is 11.3 Å². The summed E-state index contributed by atoms with van der Waals surface area (Å²) in [5, 5.41) is 4.54. The van der Waals surface area contributed by atoms with Crippen molar-refractivity contribution in [1.29, 1.82) is 0 Å². The third-order valence-electron chi connectivity index (χ3n) is 2.16. The molecule has 0 unspecified atom stereocenters. The summed E-state index contributed by atoms with van der Waals surface area (Å²) in [5.41, 5.74) is 5.31. The molecule has 2 amide bonds. The van der Waals surface area contributed by atoms with Gasteiger partial charge >= 0.3 is 0 Å². The van der Waals surface area contributed by atoms with Gasteiger partial charge in [0.25, 0.3) is 5.91 Å². The van der Waals surface area contributed by atoms with Crippen molar-refractivity contribution >= 4 is 23.2 Å². The van der Waals surface area contributed by atoms with Gasteiger partial charge < -0.3 is 16.0 Å². The van der Waals surface area contributed by atoms with Crippen LogP contribution in [0.4, 0.5) is 0 Å². The lowest BCUT2D eigenvalue weighted by atomic mass is 10.4. The first kappa shape index (κ1) is 13.7. The predicted molar refractivity (Wildman–Crippen MR) is 68.0 cm³/mol. The number of nitrogens with one attached hydrogen (secondary N) is 1. The maximum atomic E-state index is 11.8. The average molecular weight is 255 g/mol. The van der Waals surface area contributed by atoms with Crippen molar-refractivity contribution in [2.75, 3.05) is 26.7 Å². The van der Waals surface area contributed by atoms with Crippen molar-refractivity contribution in [3.8, 4) is 0 Å². The molecule has 0 atom stereocenters. The van der Waals surface area contributed by atoms with Gasteiger partial charge in [-0.2, -0.15) is 0 Å². The summed E-state index contributed by atoms with van der Waals surface area (Å²) in [6, 6.07) is 3.56. The van der Waals surface area contributed by atoms with Gasteiger partial charge in [-0.05, 0) is 24.4 Å². The quantitative estimate of drug-likeness (QED) is 0.717. The number of carbonyl (C=O) groups is 2. The molecular weight excluding hydrogens is 238 g/mol. The minimum atomic E-state index is -0.161. The Balaban J connectivity index is 2.36. The number of carbonyl (C=O) groups excluding carboxylic acids is 2. The van der Waals surface area contributed by atoms with Crippen molar-refractivity contribution in [1.82, 2.24) is 10.2 Å². The predicted octanol–water partition coefficient (Wildman–Crippen LogP) is 0.285. The number of thiophene rings is 1. The van der Waals surface area contributed by atoms with E-state index in [1.807, 2.05) is 11.4 Å². The standard InChI is InChI=1S/C11H17N3O2S/c1-14(8-10(15)13-6-3-5-12)11(16)9-4-2-7-17-9/h2,4,7H,3,5-6,8,12H2,1H3,(H,13,15). The molecule has 1 rings (SSSR count). The SMILES string of the molecule is CN(CC(=O)NCCCN)C(=O)c1cccs1. The lowest BCUT2D eigenvalue weighted by Crippen LogP contribution is -2.38. The minimum absolute atomic E-state index is 0.0707. The molecule has 6 heteroatoms. The Kier molecular flexibility index (Phi) is 5.65. The van der Waals surface area contributed by atoms with Crippen LogP contribution in [0.15, 0.2) is 17.5 Å². The van der Waals surface area contributed by atoms with Crippen molar-refractivity contribution in [3.05, 3.63) is 22.4 Å². The monoisotopic (exact) mass is 255 g/mol. The van der Waals surface area contributed by atoms with Gasteiger partial charge in [0.2, 0.25) is 5.91 Å².